The summed E-state index contributed by atoms with van der Waals surface area (Å²) in [5, 5.41) is 5.87. The Labute approximate surface area is 142 Å². The molecule has 0 bridgehead atoms. The van der Waals surface area contributed by atoms with Gasteiger partial charge in [-0.3, -0.25) is 0 Å². The molecule has 1 aliphatic rings. The van der Waals surface area contributed by atoms with Gasteiger partial charge in [-0.25, -0.2) is 4.98 Å². The Morgan fingerprint density at radius 1 is 0.870 bits per heavy atom. The highest BCUT2D eigenvalue weighted by Gasteiger charge is 2.15. The fourth-order valence-electron chi connectivity index (χ4n) is 3.06. The van der Waals surface area contributed by atoms with E-state index in [1.807, 2.05) is 6.07 Å². The molecule has 0 radical (unpaired) electrons. The normalized spacial score (nSPS) is 14.5. The predicted octanol–water partition coefficient (Wildman–Crippen LogP) is 3.73. The molecule has 23 heavy (non-hydrogen) atoms. The zero-order valence-electron chi connectivity index (χ0n) is 12.9. The molecule has 3 aromatic rings. The first kappa shape index (κ1) is 15.8. The molecule has 1 fully saturated rings. The number of aromatic nitrogens is 1. The molecule has 0 saturated carbocycles. The van der Waals surface area contributed by atoms with Gasteiger partial charge in [-0.2, -0.15) is 0 Å². The van der Waals surface area contributed by atoms with Gasteiger partial charge in [-0.15, -0.1) is 12.4 Å². The van der Waals surface area contributed by atoms with Gasteiger partial charge in [0.25, 0.3) is 0 Å². The fraction of sp³-hybridized carbons (Fsp3) is 0.211. The standard InChI is InChI=1S/C19H19N3.ClH/c1-2-6-15(7-3-1)19-17-9-5-4-8-16(17)14-18(21-19)22-12-10-20-11-13-22;/h1-9,14,20H,10-13H2;1H. The van der Waals surface area contributed by atoms with Gasteiger partial charge in [0.1, 0.15) is 5.82 Å². The van der Waals surface area contributed by atoms with Crippen molar-refractivity contribution in [3.63, 3.8) is 0 Å². The van der Waals surface area contributed by atoms with E-state index in [0.29, 0.717) is 0 Å². The summed E-state index contributed by atoms with van der Waals surface area (Å²) in [4.78, 5) is 7.36. The largest absolute Gasteiger partial charge is 0.354 e. The Morgan fingerprint density at radius 3 is 2.35 bits per heavy atom. The Balaban J connectivity index is 0.00000156. The molecular formula is C19H20ClN3. The van der Waals surface area contributed by atoms with Crippen molar-refractivity contribution < 1.29 is 0 Å². The molecule has 2 aromatic carbocycles. The van der Waals surface area contributed by atoms with Crippen LogP contribution in [0.5, 0.6) is 0 Å². The number of rotatable bonds is 2. The van der Waals surface area contributed by atoms with E-state index in [2.05, 4.69) is 64.8 Å². The highest BCUT2D eigenvalue weighted by atomic mass is 35.5. The third-order valence-electron chi connectivity index (χ3n) is 4.22. The Hall–Kier alpha value is -2.10. The van der Waals surface area contributed by atoms with Gasteiger partial charge < -0.3 is 10.2 Å². The van der Waals surface area contributed by atoms with Crippen LogP contribution in [0.2, 0.25) is 0 Å². The van der Waals surface area contributed by atoms with Crippen molar-refractivity contribution in [3.8, 4) is 11.3 Å². The SMILES string of the molecule is Cl.c1ccc(-c2nc(N3CCNCC3)cc3ccccc23)cc1. The number of benzene rings is 2. The van der Waals surface area contributed by atoms with Crippen molar-refractivity contribution in [2.24, 2.45) is 0 Å². The average molecular weight is 326 g/mol. The molecular weight excluding hydrogens is 306 g/mol. The predicted molar refractivity (Wildman–Crippen MR) is 99.5 cm³/mol. The number of hydrogen-bond donors (Lipinski definition) is 1. The molecule has 1 N–H and O–H groups in total. The first-order valence-corrected chi connectivity index (χ1v) is 7.83. The van der Waals surface area contributed by atoms with Crippen molar-refractivity contribution in [2.45, 2.75) is 0 Å². The van der Waals surface area contributed by atoms with Crippen LogP contribution in [0, 0.1) is 0 Å². The molecule has 0 amide bonds. The summed E-state index contributed by atoms with van der Waals surface area (Å²) in [5.41, 5.74) is 2.25. The quantitative estimate of drug-likeness (QED) is 0.778. The van der Waals surface area contributed by atoms with Crippen LogP contribution < -0.4 is 10.2 Å². The van der Waals surface area contributed by atoms with Crippen molar-refractivity contribution in [1.82, 2.24) is 10.3 Å². The molecule has 4 rings (SSSR count). The topological polar surface area (TPSA) is 28.2 Å². The minimum atomic E-state index is 0. The summed E-state index contributed by atoms with van der Waals surface area (Å²) in [6.07, 6.45) is 0. The summed E-state index contributed by atoms with van der Waals surface area (Å²) < 4.78 is 0. The van der Waals surface area contributed by atoms with Crippen molar-refractivity contribution >= 4 is 29.0 Å². The number of hydrogen-bond acceptors (Lipinski definition) is 3. The number of nitrogens with one attached hydrogen (secondary N) is 1. The number of pyridine rings is 1. The second kappa shape index (κ2) is 6.99. The highest BCUT2D eigenvalue weighted by molar-refractivity contribution is 5.96. The van der Waals surface area contributed by atoms with Crippen LogP contribution in [0.25, 0.3) is 22.0 Å². The monoisotopic (exact) mass is 325 g/mol. The van der Waals surface area contributed by atoms with E-state index in [0.717, 1.165) is 37.7 Å². The number of nitrogens with zero attached hydrogens (tertiary/aromatic N) is 2. The minimum Gasteiger partial charge on any atom is -0.354 e. The average Bonchev–Trinajstić information content (AvgIpc) is 2.62. The lowest BCUT2D eigenvalue weighted by Gasteiger charge is -2.29. The summed E-state index contributed by atoms with van der Waals surface area (Å²) in [6, 6.07) is 21.2. The molecule has 0 unspecified atom stereocenters. The Bertz CT molecular complexity index is 783. The zero-order valence-corrected chi connectivity index (χ0v) is 13.7. The van der Waals surface area contributed by atoms with E-state index in [1.54, 1.807) is 0 Å². The maximum absolute atomic E-state index is 4.99. The van der Waals surface area contributed by atoms with Crippen LogP contribution in [0.4, 0.5) is 5.82 Å². The van der Waals surface area contributed by atoms with Gasteiger partial charge in [0, 0.05) is 37.1 Å². The molecule has 1 aromatic heterocycles. The molecule has 0 spiro atoms. The van der Waals surface area contributed by atoms with Gasteiger partial charge in [0.15, 0.2) is 0 Å². The van der Waals surface area contributed by atoms with Gasteiger partial charge in [0.05, 0.1) is 5.69 Å². The molecule has 1 saturated heterocycles. The van der Waals surface area contributed by atoms with Crippen molar-refractivity contribution in [3.05, 3.63) is 60.7 Å². The summed E-state index contributed by atoms with van der Waals surface area (Å²) >= 11 is 0. The molecule has 118 valence electrons. The molecule has 0 aliphatic carbocycles. The number of halogens is 1. The second-order valence-corrected chi connectivity index (χ2v) is 5.65. The van der Waals surface area contributed by atoms with Crippen molar-refractivity contribution in [2.75, 3.05) is 31.1 Å². The Kier molecular flexibility index (Phi) is 4.79. The van der Waals surface area contributed by atoms with E-state index in [4.69, 9.17) is 4.98 Å². The van der Waals surface area contributed by atoms with Crippen LogP contribution >= 0.6 is 12.4 Å². The number of piperazine rings is 1. The molecule has 2 heterocycles. The lowest BCUT2D eigenvalue weighted by molar-refractivity contribution is 0.585. The number of fused-ring (bicyclic) bond motifs is 1. The summed E-state index contributed by atoms with van der Waals surface area (Å²) in [7, 11) is 0. The van der Waals surface area contributed by atoms with Gasteiger partial charge in [-0.1, -0.05) is 54.6 Å². The van der Waals surface area contributed by atoms with Crippen LogP contribution in [0.15, 0.2) is 60.7 Å². The smallest absolute Gasteiger partial charge is 0.129 e. The maximum Gasteiger partial charge on any atom is 0.129 e. The zero-order chi connectivity index (χ0) is 14.8. The van der Waals surface area contributed by atoms with Gasteiger partial charge >= 0.3 is 0 Å². The maximum atomic E-state index is 4.99. The summed E-state index contributed by atoms with van der Waals surface area (Å²) in [5.74, 6) is 1.08. The third kappa shape index (κ3) is 3.16. The van der Waals surface area contributed by atoms with Crippen LogP contribution in [0.3, 0.4) is 0 Å². The summed E-state index contributed by atoms with van der Waals surface area (Å²) in [6.45, 7) is 4.07. The van der Waals surface area contributed by atoms with Crippen molar-refractivity contribution in [1.29, 1.82) is 0 Å². The lowest BCUT2D eigenvalue weighted by atomic mass is 10.0. The fourth-order valence-corrected chi connectivity index (χ4v) is 3.06. The highest BCUT2D eigenvalue weighted by Crippen LogP contribution is 2.30. The van der Waals surface area contributed by atoms with Gasteiger partial charge in [-0.05, 0) is 11.5 Å². The third-order valence-corrected chi connectivity index (χ3v) is 4.22. The Morgan fingerprint density at radius 2 is 1.57 bits per heavy atom. The first-order chi connectivity index (χ1) is 10.9. The van der Waals surface area contributed by atoms with Crippen LogP contribution in [-0.4, -0.2) is 31.2 Å². The molecule has 1 aliphatic heterocycles. The number of anilines is 1. The molecule has 4 heteroatoms. The van der Waals surface area contributed by atoms with E-state index < -0.39 is 0 Å². The van der Waals surface area contributed by atoms with E-state index in [1.165, 1.54) is 16.3 Å². The van der Waals surface area contributed by atoms with E-state index in [-0.39, 0.29) is 12.4 Å². The minimum absolute atomic E-state index is 0. The van der Waals surface area contributed by atoms with Crippen LogP contribution in [0.1, 0.15) is 0 Å². The second-order valence-electron chi connectivity index (χ2n) is 5.65. The van der Waals surface area contributed by atoms with Gasteiger partial charge in [0.2, 0.25) is 0 Å². The van der Waals surface area contributed by atoms with E-state index in [9.17, 15) is 0 Å². The lowest BCUT2D eigenvalue weighted by Crippen LogP contribution is -2.43. The van der Waals surface area contributed by atoms with E-state index >= 15 is 0 Å². The molecule has 3 nitrogen and oxygen atoms in total. The first-order valence-electron chi connectivity index (χ1n) is 7.83. The molecule has 0 atom stereocenters. The van der Waals surface area contributed by atoms with Crippen LogP contribution in [-0.2, 0) is 0 Å².